The van der Waals surface area contributed by atoms with Crippen molar-refractivity contribution in [1.29, 1.82) is 0 Å². The van der Waals surface area contributed by atoms with Gasteiger partial charge >= 0.3 is 5.69 Å². The first kappa shape index (κ1) is 19.3. The third-order valence-corrected chi connectivity index (χ3v) is 6.50. The van der Waals surface area contributed by atoms with Gasteiger partial charge in [0.1, 0.15) is 6.61 Å². The van der Waals surface area contributed by atoms with Crippen molar-refractivity contribution in [1.82, 2.24) is 9.55 Å². The second-order valence-corrected chi connectivity index (χ2v) is 8.54. The lowest BCUT2D eigenvalue weighted by Crippen LogP contribution is -2.29. The quantitative estimate of drug-likeness (QED) is 0.470. The molecule has 1 aromatic heterocycles. The molecule has 1 atom stereocenters. The fourth-order valence-electron chi connectivity index (χ4n) is 4.78. The van der Waals surface area contributed by atoms with Gasteiger partial charge < -0.3 is 9.47 Å². The Morgan fingerprint density at radius 2 is 1.84 bits per heavy atom. The summed E-state index contributed by atoms with van der Waals surface area (Å²) in [7, 11) is 0. The zero-order valence-corrected chi connectivity index (χ0v) is 17.8. The number of nitrogens with zero attached hydrogens (tertiary/aromatic N) is 2. The monoisotopic (exact) mass is 424 g/mol. The first-order valence-corrected chi connectivity index (χ1v) is 11.2. The lowest BCUT2D eigenvalue weighted by atomic mass is 9.92. The summed E-state index contributed by atoms with van der Waals surface area (Å²) in [6.45, 7) is 1.84. The Balaban J connectivity index is 1.34. The SMILES string of the molecule is O=c1nc(OCC2CCCO2)cc2n1CCc1cc(-c3ccc4ccccc4c3)ccc1-2. The summed E-state index contributed by atoms with van der Waals surface area (Å²) in [6.07, 6.45) is 2.94. The first-order valence-electron chi connectivity index (χ1n) is 11.2. The highest BCUT2D eigenvalue weighted by Gasteiger charge is 2.21. The number of benzene rings is 3. The molecule has 4 aromatic rings. The molecule has 3 aromatic carbocycles. The van der Waals surface area contributed by atoms with Crippen LogP contribution in [0.15, 0.2) is 71.5 Å². The van der Waals surface area contributed by atoms with E-state index in [-0.39, 0.29) is 11.8 Å². The number of rotatable bonds is 4. The zero-order valence-electron chi connectivity index (χ0n) is 17.8. The molecule has 0 N–H and O–H groups in total. The lowest BCUT2D eigenvalue weighted by molar-refractivity contribution is 0.0661. The highest BCUT2D eigenvalue weighted by molar-refractivity contribution is 5.87. The molecular weight excluding hydrogens is 400 g/mol. The van der Waals surface area contributed by atoms with Gasteiger partial charge in [-0.25, -0.2) is 4.79 Å². The Hall–Kier alpha value is -3.44. The van der Waals surface area contributed by atoms with Gasteiger partial charge in [-0.3, -0.25) is 4.57 Å². The molecule has 5 heteroatoms. The lowest BCUT2D eigenvalue weighted by Gasteiger charge is -2.22. The average Bonchev–Trinajstić information content (AvgIpc) is 3.36. The summed E-state index contributed by atoms with van der Waals surface area (Å²) in [5.41, 5.74) is 5.32. The normalized spacial score (nSPS) is 17.2. The van der Waals surface area contributed by atoms with Crippen molar-refractivity contribution in [2.45, 2.75) is 31.9 Å². The van der Waals surface area contributed by atoms with Crippen molar-refractivity contribution >= 4 is 10.8 Å². The van der Waals surface area contributed by atoms with Crippen molar-refractivity contribution in [2.75, 3.05) is 13.2 Å². The summed E-state index contributed by atoms with van der Waals surface area (Å²) in [6, 6.07) is 23.4. The van der Waals surface area contributed by atoms with Crippen LogP contribution in [0.1, 0.15) is 18.4 Å². The fraction of sp³-hybridized carbons (Fsp3) is 0.259. The molecule has 5 nitrogen and oxygen atoms in total. The van der Waals surface area contributed by atoms with Crippen molar-refractivity contribution in [3.8, 4) is 28.3 Å². The molecule has 32 heavy (non-hydrogen) atoms. The molecule has 0 saturated carbocycles. The largest absolute Gasteiger partial charge is 0.475 e. The number of hydrogen-bond donors (Lipinski definition) is 0. The summed E-state index contributed by atoms with van der Waals surface area (Å²) >= 11 is 0. The van der Waals surface area contributed by atoms with Gasteiger partial charge in [-0.05, 0) is 52.8 Å². The predicted octanol–water partition coefficient (Wildman–Crippen LogP) is 4.84. The van der Waals surface area contributed by atoms with Crippen LogP contribution in [-0.4, -0.2) is 28.9 Å². The van der Waals surface area contributed by atoms with E-state index in [9.17, 15) is 4.79 Å². The van der Waals surface area contributed by atoms with Crippen molar-refractivity contribution in [3.05, 3.63) is 82.8 Å². The van der Waals surface area contributed by atoms with E-state index in [2.05, 4.69) is 65.6 Å². The Kier molecular flexibility index (Phi) is 4.76. The molecule has 160 valence electrons. The van der Waals surface area contributed by atoms with Gasteiger partial charge in [-0.15, -0.1) is 0 Å². The fourth-order valence-corrected chi connectivity index (χ4v) is 4.78. The first-order chi connectivity index (χ1) is 15.7. The van der Waals surface area contributed by atoms with Gasteiger partial charge in [0, 0.05) is 24.8 Å². The van der Waals surface area contributed by atoms with Gasteiger partial charge in [0.25, 0.3) is 0 Å². The van der Waals surface area contributed by atoms with E-state index in [1.165, 1.54) is 27.5 Å². The average molecular weight is 425 g/mol. The summed E-state index contributed by atoms with van der Waals surface area (Å²) in [5, 5.41) is 2.48. The van der Waals surface area contributed by atoms with E-state index < -0.39 is 0 Å². The standard InChI is InChI=1S/C27H24N2O3/c30-27-28-26(32-17-23-6-3-13-31-23)16-25-24-10-9-21(15-22(24)11-12-29(25)27)20-8-7-18-4-1-2-5-19(18)14-20/h1-2,4-5,7-10,14-16,23H,3,6,11-13,17H2. The number of fused-ring (bicyclic) bond motifs is 4. The molecule has 2 aliphatic heterocycles. The van der Waals surface area contributed by atoms with E-state index >= 15 is 0 Å². The Morgan fingerprint density at radius 1 is 1.00 bits per heavy atom. The van der Waals surface area contributed by atoms with Gasteiger partial charge in [0.2, 0.25) is 5.88 Å². The number of aromatic nitrogens is 2. The molecule has 1 fully saturated rings. The molecule has 0 radical (unpaired) electrons. The summed E-state index contributed by atoms with van der Waals surface area (Å²) in [4.78, 5) is 16.8. The zero-order chi connectivity index (χ0) is 21.5. The van der Waals surface area contributed by atoms with E-state index in [0.717, 1.165) is 37.1 Å². The van der Waals surface area contributed by atoms with Gasteiger partial charge in [0.05, 0.1) is 11.8 Å². The molecule has 2 aliphatic rings. The van der Waals surface area contributed by atoms with Crippen LogP contribution in [0.5, 0.6) is 5.88 Å². The Bertz CT molecular complexity index is 1370. The van der Waals surface area contributed by atoms with Crippen molar-refractivity contribution in [2.24, 2.45) is 0 Å². The van der Waals surface area contributed by atoms with Crippen LogP contribution in [0.3, 0.4) is 0 Å². The highest BCUT2D eigenvalue weighted by atomic mass is 16.5. The molecule has 1 saturated heterocycles. The minimum Gasteiger partial charge on any atom is -0.475 e. The second-order valence-electron chi connectivity index (χ2n) is 8.54. The minimum atomic E-state index is -0.255. The van der Waals surface area contributed by atoms with Crippen molar-refractivity contribution < 1.29 is 9.47 Å². The number of ether oxygens (including phenoxy) is 2. The molecular formula is C27H24N2O3. The van der Waals surface area contributed by atoms with Crippen LogP contribution in [-0.2, 0) is 17.7 Å². The number of hydrogen-bond acceptors (Lipinski definition) is 4. The molecule has 6 rings (SSSR count). The van der Waals surface area contributed by atoms with Crippen LogP contribution < -0.4 is 10.4 Å². The molecule has 0 amide bonds. The van der Waals surface area contributed by atoms with E-state index in [4.69, 9.17) is 9.47 Å². The van der Waals surface area contributed by atoms with E-state index in [1.54, 1.807) is 4.57 Å². The summed E-state index contributed by atoms with van der Waals surface area (Å²) < 4.78 is 13.2. The van der Waals surface area contributed by atoms with Crippen LogP contribution in [0.4, 0.5) is 0 Å². The van der Waals surface area contributed by atoms with Gasteiger partial charge in [-0.1, -0.05) is 54.6 Å². The molecule has 1 unspecified atom stereocenters. The molecule has 3 heterocycles. The predicted molar refractivity (Wildman–Crippen MR) is 125 cm³/mol. The number of aryl methyl sites for hydroxylation is 1. The maximum atomic E-state index is 12.6. The van der Waals surface area contributed by atoms with Gasteiger partial charge in [-0.2, -0.15) is 4.98 Å². The smallest absolute Gasteiger partial charge is 0.351 e. The minimum absolute atomic E-state index is 0.0902. The van der Waals surface area contributed by atoms with Crippen molar-refractivity contribution in [3.63, 3.8) is 0 Å². The highest BCUT2D eigenvalue weighted by Crippen LogP contribution is 2.34. The molecule has 0 aliphatic carbocycles. The van der Waals surface area contributed by atoms with Crippen LogP contribution in [0.2, 0.25) is 0 Å². The third-order valence-electron chi connectivity index (χ3n) is 6.50. The third kappa shape index (κ3) is 3.49. The summed E-state index contributed by atoms with van der Waals surface area (Å²) in [5.74, 6) is 0.378. The Morgan fingerprint density at radius 3 is 2.72 bits per heavy atom. The van der Waals surface area contributed by atoms with E-state index in [0.29, 0.717) is 19.0 Å². The van der Waals surface area contributed by atoms with Gasteiger partial charge in [0.15, 0.2) is 0 Å². The van der Waals surface area contributed by atoms with Crippen LogP contribution in [0.25, 0.3) is 33.2 Å². The van der Waals surface area contributed by atoms with E-state index in [1.807, 2.05) is 6.07 Å². The van der Waals surface area contributed by atoms with Crippen LogP contribution in [0, 0.1) is 0 Å². The van der Waals surface area contributed by atoms with Crippen LogP contribution >= 0.6 is 0 Å². The molecule has 0 spiro atoms. The maximum absolute atomic E-state index is 12.6. The maximum Gasteiger partial charge on any atom is 0.351 e. The Labute approximate surface area is 186 Å². The topological polar surface area (TPSA) is 53.4 Å². The second kappa shape index (κ2) is 7.92. The molecule has 0 bridgehead atoms.